The smallest absolute Gasteiger partial charge is 0.247 e. The number of sulfonamides is 1. The monoisotopic (exact) mass is 434 g/mol. The van der Waals surface area contributed by atoms with Crippen molar-refractivity contribution < 1.29 is 17.6 Å². The molecule has 1 aliphatic rings. The van der Waals surface area contributed by atoms with E-state index in [-0.39, 0.29) is 18.0 Å². The summed E-state index contributed by atoms with van der Waals surface area (Å²) >= 11 is 1.19. The van der Waals surface area contributed by atoms with Crippen LogP contribution in [0, 0.1) is 5.82 Å². The zero-order valence-corrected chi connectivity index (χ0v) is 17.3. The minimum atomic E-state index is -3.52. The highest BCUT2D eigenvalue weighted by Gasteiger charge is 2.39. The number of carbonyl (C=O) groups excluding carboxylic acids is 1. The Morgan fingerprint density at radius 2 is 2.14 bits per heavy atom. The van der Waals surface area contributed by atoms with E-state index in [0.29, 0.717) is 34.9 Å². The van der Waals surface area contributed by atoms with Crippen LogP contribution in [0.3, 0.4) is 0 Å². The molecule has 4 rings (SSSR count). The van der Waals surface area contributed by atoms with E-state index >= 15 is 0 Å². The van der Waals surface area contributed by atoms with E-state index in [1.54, 1.807) is 36.5 Å². The second kappa shape index (κ2) is 7.77. The molecule has 0 saturated carbocycles. The molecule has 0 aliphatic carbocycles. The van der Waals surface area contributed by atoms with E-state index in [1.165, 1.54) is 26.6 Å². The maximum absolute atomic E-state index is 14.2. The molecular weight excluding hydrogens is 415 g/mol. The number of carbonyl (C=O) groups is 1. The molecule has 1 amide bonds. The fourth-order valence-corrected chi connectivity index (χ4v) is 5.58. The first-order valence-electron chi connectivity index (χ1n) is 9.08. The van der Waals surface area contributed by atoms with Gasteiger partial charge in [0.2, 0.25) is 15.9 Å². The second-order valence-corrected chi connectivity index (χ2v) is 9.80. The highest BCUT2D eigenvalue weighted by atomic mass is 32.2. The summed E-state index contributed by atoms with van der Waals surface area (Å²) < 4.78 is 40.3. The number of para-hydroxylation sites is 1. The van der Waals surface area contributed by atoms with Crippen LogP contribution in [-0.2, 0) is 21.4 Å². The molecular formula is C19H19FN4O3S2. The van der Waals surface area contributed by atoms with Gasteiger partial charge in [0.1, 0.15) is 17.4 Å². The molecule has 29 heavy (non-hydrogen) atoms. The van der Waals surface area contributed by atoms with Crippen LogP contribution in [0.4, 0.5) is 9.52 Å². The van der Waals surface area contributed by atoms with Crippen molar-refractivity contribution in [1.29, 1.82) is 0 Å². The average Bonchev–Trinajstić information content (AvgIpc) is 3.34. The van der Waals surface area contributed by atoms with Gasteiger partial charge in [-0.05, 0) is 37.1 Å². The number of halogens is 1. The van der Waals surface area contributed by atoms with Gasteiger partial charge in [-0.25, -0.2) is 17.8 Å². The molecule has 10 heteroatoms. The Morgan fingerprint density at radius 1 is 1.31 bits per heavy atom. The van der Waals surface area contributed by atoms with Gasteiger partial charge in [0, 0.05) is 12.7 Å². The molecule has 3 heterocycles. The largest absolute Gasteiger partial charge is 0.281 e. The molecule has 1 aromatic carbocycles. The van der Waals surface area contributed by atoms with Gasteiger partial charge in [-0.15, -0.1) is 0 Å². The van der Waals surface area contributed by atoms with E-state index < -0.39 is 21.9 Å². The number of pyridine rings is 1. The number of anilines is 1. The highest BCUT2D eigenvalue weighted by molar-refractivity contribution is 7.88. The molecule has 3 aromatic rings. The molecule has 0 N–H and O–H groups in total. The summed E-state index contributed by atoms with van der Waals surface area (Å²) in [4.78, 5) is 23.5. The standard InChI is InChI=1S/C19H19FN4O3S2/c1-29(26,27)24-11-5-8-15(24)18(25)23(12-13-6-2-3-10-21-13)19-22-17-14(20)7-4-9-16(17)28-19/h2-4,6-7,9-10,15H,5,8,11-12H2,1H3. The Labute approximate surface area is 171 Å². The van der Waals surface area contributed by atoms with E-state index in [4.69, 9.17) is 0 Å². The van der Waals surface area contributed by atoms with Crippen molar-refractivity contribution in [2.45, 2.75) is 25.4 Å². The van der Waals surface area contributed by atoms with E-state index in [1.807, 2.05) is 0 Å². The van der Waals surface area contributed by atoms with Crippen LogP contribution in [0.2, 0.25) is 0 Å². The van der Waals surface area contributed by atoms with Crippen molar-refractivity contribution in [3.05, 3.63) is 54.1 Å². The summed E-state index contributed by atoms with van der Waals surface area (Å²) in [6.45, 7) is 0.427. The lowest BCUT2D eigenvalue weighted by atomic mass is 10.2. The minimum Gasteiger partial charge on any atom is -0.281 e. The first-order chi connectivity index (χ1) is 13.8. The summed E-state index contributed by atoms with van der Waals surface area (Å²) in [5.74, 6) is -0.841. The summed E-state index contributed by atoms with van der Waals surface area (Å²) in [6, 6.07) is 9.20. The van der Waals surface area contributed by atoms with Gasteiger partial charge in [-0.1, -0.05) is 23.5 Å². The third kappa shape index (κ3) is 4.00. The Bertz CT molecular complexity index is 1150. The number of benzene rings is 1. The lowest BCUT2D eigenvalue weighted by molar-refractivity contribution is -0.121. The third-order valence-electron chi connectivity index (χ3n) is 4.82. The molecule has 1 unspecified atom stereocenters. The van der Waals surface area contributed by atoms with Gasteiger partial charge in [0.15, 0.2) is 5.13 Å². The van der Waals surface area contributed by atoms with Gasteiger partial charge in [0.05, 0.1) is 23.2 Å². The number of thiazole rings is 1. The molecule has 0 radical (unpaired) electrons. The van der Waals surface area contributed by atoms with Crippen LogP contribution < -0.4 is 4.90 Å². The molecule has 7 nitrogen and oxygen atoms in total. The number of aromatic nitrogens is 2. The number of amides is 1. The maximum atomic E-state index is 14.2. The summed E-state index contributed by atoms with van der Waals surface area (Å²) in [6.07, 6.45) is 3.77. The van der Waals surface area contributed by atoms with Crippen molar-refractivity contribution in [3.8, 4) is 0 Å². The van der Waals surface area contributed by atoms with Gasteiger partial charge in [0.25, 0.3) is 0 Å². The Kier molecular flexibility index (Phi) is 5.32. The molecule has 0 spiro atoms. The predicted molar refractivity (Wildman–Crippen MR) is 110 cm³/mol. The zero-order valence-electron chi connectivity index (χ0n) is 15.7. The topological polar surface area (TPSA) is 83.5 Å². The molecule has 1 saturated heterocycles. The SMILES string of the molecule is CS(=O)(=O)N1CCCC1C(=O)N(Cc1ccccn1)c1nc2c(F)cccc2s1. The summed E-state index contributed by atoms with van der Waals surface area (Å²) in [5, 5.41) is 0.320. The number of hydrogen-bond acceptors (Lipinski definition) is 6. The van der Waals surface area contributed by atoms with Gasteiger partial charge in [-0.2, -0.15) is 4.31 Å². The van der Waals surface area contributed by atoms with E-state index in [2.05, 4.69) is 9.97 Å². The van der Waals surface area contributed by atoms with Crippen LogP contribution in [0.5, 0.6) is 0 Å². The van der Waals surface area contributed by atoms with Crippen LogP contribution in [0.15, 0.2) is 42.6 Å². The van der Waals surface area contributed by atoms with Crippen LogP contribution in [0.1, 0.15) is 18.5 Å². The van der Waals surface area contributed by atoms with Crippen molar-refractivity contribution >= 4 is 42.6 Å². The maximum Gasteiger partial charge on any atom is 0.247 e. The highest BCUT2D eigenvalue weighted by Crippen LogP contribution is 2.33. The van der Waals surface area contributed by atoms with Crippen molar-refractivity contribution in [2.75, 3.05) is 17.7 Å². The van der Waals surface area contributed by atoms with Crippen LogP contribution in [-0.4, -0.2) is 47.4 Å². The molecule has 1 fully saturated rings. The normalized spacial score (nSPS) is 17.7. The number of fused-ring (bicyclic) bond motifs is 1. The second-order valence-electron chi connectivity index (χ2n) is 6.86. The summed E-state index contributed by atoms with van der Waals surface area (Å²) in [5.41, 5.74) is 0.821. The zero-order chi connectivity index (χ0) is 20.6. The van der Waals surface area contributed by atoms with E-state index in [0.717, 1.165) is 6.26 Å². The minimum absolute atomic E-state index is 0.120. The summed E-state index contributed by atoms with van der Waals surface area (Å²) in [7, 11) is -3.52. The fraction of sp³-hybridized carbons (Fsp3) is 0.316. The quantitative estimate of drug-likeness (QED) is 0.617. The van der Waals surface area contributed by atoms with Crippen LogP contribution in [0.25, 0.3) is 10.2 Å². The van der Waals surface area contributed by atoms with Crippen molar-refractivity contribution in [3.63, 3.8) is 0 Å². The van der Waals surface area contributed by atoms with Gasteiger partial charge in [-0.3, -0.25) is 14.7 Å². The van der Waals surface area contributed by atoms with E-state index in [9.17, 15) is 17.6 Å². The molecule has 2 aromatic heterocycles. The average molecular weight is 435 g/mol. The lowest BCUT2D eigenvalue weighted by Gasteiger charge is -2.27. The first-order valence-corrected chi connectivity index (χ1v) is 11.7. The van der Waals surface area contributed by atoms with Gasteiger partial charge < -0.3 is 0 Å². The molecule has 152 valence electrons. The fourth-order valence-electron chi connectivity index (χ4n) is 3.48. The number of nitrogens with zero attached hydrogens (tertiary/aromatic N) is 4. The molecule has 0 bridgehead atoms. The predicted octanol–water partition coefficient (Wildman–Crippen LogP) is 2.79. The first kappa shape index (κ1) is 19.9. The molecule has 1 aliphatic heterocycles. The number of rotatable bonds is 5. The third-order valence-corrected chi connectivity index (χ3v) is 7.15. The van der Waals surface area contributed by atoms with Crippen molar-refractivity contribution in [2.24, 2.45) is 0 Å². The number of hydrogen-bond donors (Lipinski definition) is 0. The van der Waals surface area contributed by atoms with Crippen LogP contribution >= 0.6 is 11.3 Å². The Balaban J connectivity index is 1.75. The molecule has 1 atom stereocenters. The van der Waals surface area contributed by atoms with Crippen molar-refractivity contribution in [1.82, 2.24) is 14.3 Å². The Morgan fingerprint density at radius 3 is 2.83 bits per heavy atom. The lowest BCUT2D eigenvalue weighted by Crippen LogP contribution is -2.47. The Hall–Kier alpha value is -2.43. The van der Waals surface area contributed by atoms with Gasteiger partial charge >= 0.3 is 0 Å².